The van der Waals surface area contributed by atoms with Crippen molar-refractivity contribution < 1.29 is 19.1 Å². The van der Waals surface area contributed by atoms with Gasteiger partial charge in [-0.3, -0.25) is 4.79 Å². The second-order valence-electron chi connectivity index (χ2n) is 5.34. The highest BCUT2D eigenvalue weighted by atomic mass is 16.4. The third-order valence-electron chi connectivity index (χ3n) is 4.16. The van der Waals surface area contributed by atoms with Gasteiger partial charge in [-0.1, -0.05) is 18.2 Å². The summed E-state index contributed by atoms with van der Waals surface area (Å²) in [5.41, 5.74) is 0.277. The molecule has 20 heavy (non-hydrogen) atoms. The van der Waals surface area contributed by atoms with E-state index in [4.69, 9.17) is 4.42 Å². The third-order valence-corrected chi connectivity index (χ3v) is 4.16. The molecule has 0 aliphatic carbocycles. The van der Waals surface area contributed by atoms with E-state index in [-0.39, 0.29) is 11.7 Å². The lowest BCUT2D eigenvalue weighted by Crippen LogP contribution is -2.64. The van der Waals surface area contributed by atoms with Crippen LogP contribution in [-0.4, -0.2) is 34.0 Å². The molecule has 1 unspecified atom stereocenters. The Morgan fingerprint density at radius 3 is 2.60 bits per heavy atom. The number of likely N-dealkylation sites (tertiary alicyclic amines) is 1. The summed E-state index contributed by atoms with van der Waals surface area (Å²) in [7, 11) is 0. The number of nitrogens with zero attached hydrogens (tertiary/aromatic N) is 1. The van der Waals surface area contributed by atoms with Gasteiger partial charge < -0.3 is 14.4 Å². The van der Waals surface area contributed by atoms with Crippen LogP contribution in [0.2, 0.25) is 0 Å². The molecular formula is C15H15NO4. The summed E-state index contributed by atoms with van der Waals surface area (Å²) in [5.74, 6) is -1.10. The predicted molar refractivity (Wildman–Crippen MR) is 72.6 cm³/mol. The molecule has 104 valence electrons. The van der Waals surface area contributed by atoms with Crippen LogP contribution in [0.1, 0.15) is 29.5 Å². The topological polar surface area (TPSA) is 70.8 Å². The number of rotatable bonds is 2. The molecule has 0 radical (unpaired) electrons. The molecular weight excluding hydrogens is 258 g/mol. The first-order chi connectivity index (χ1) is 9.45. The first kappa shape index (κ1) is 12.7. The molecule has 1 aromatic carbocycles. The van der Waals surface area contributed by atoms with Gasteiger partial charge >= 0.3 is 5.97 Å². The summed E-state index contributed by atoms with van der Waals surface area (Å²) in [6.07, 6.45) is 0.466. The van der Waals surface area contributed by atoms with Crippen LogP contribution in [0.25, 0.3) is 11.0 Å². The molecule has 0 bridgehead atoms. The second-order valence-corrected chi connectivity index (χ2v) is 5.34. The lowest BCUT2D eigenvalue weighted by molar-refractivity contribution is -0.155. The summed E-state index contributed by atoms with van der Waals surface area (Å²) < 4.78 is 5.61. The smallest absolute Gasteiger partial charge is 0.329 e. The molecule has 3 rings (SSSR count). The van der Waals surface area contributed by atoms with Gasteiger partial charge in [0, 0.05) is 17.5 Å². The molecule has 1 amide bonds. The van der Waals surface area contributed by atoms with Crippen LogP contribution < -0.4 is 0 Å². The fourth-order valence-electron chi connectivity index (χ4n) is 2.61. The van der Waals surface area contributed by atoms with Crippen molar-refractivity contribution in [1.82, 2.24) is 4.90 Å². The molecule has 2 aromatic rings. The molecule has 0 spiro atoms. The van der Waals surface area contributed by atoms with Crippen molar-refractivity contribution in [3.63, 3.8) is 0 Å². The summed E-state index contributed by atoms with van der Waals surface area (Å²) in [4.78, 5) is 25.1. The second kappa shape index (κ2) is 4.10. The minimum absolute atomic E-state index is 0.235. The molecule has 5 heteroatoms. The number of hydrogen-bond donors (Lipinski definition) is 1. The van der Waals surface area contributed by atoms with E-state index in [2.05, 4.69) is 0 Å². The van der Waals surface area contributed by atoms with Gasteiger partial charge in [-0.2, -0.15) is 0 Å². The number of furan rings is 1. The van der Waals surface area contributed by atoms with Crippen molar-refractivity contribution in [1.29, 1.82) is 0 Å². The minimum Gasteiger partial charge on any atom is -0.480 e. The van der Waals surface area contributed by atoms with Crippen LogP contribution in [0.3, 0.4) is 0 Å². The van der Waals surface area contributed by atoms with E-state index < -0.39 is 11.5 Å². The van der Waals surface area contributed by atoms with Crippen LogP contribution in [0.5, 0.6) is 0 Å². The van der Waals surface area contributed by atoms with E-state index in [9.17, 15) is 14.7 Å². The molecule has 1 aliphatic rings. The molecule has 1 N–H and O–H groups in total. The molecule has 1 saturated heterocycles. The molecule has 1 aliphatic heterocycles. The number of carbonyl (C=O) groups excluding carboxylic acids is 1. The zero-order valence-corrected chi connectivity index (χ0v) is 11.3. The van der Waals surface area contributed by atoms with Gasteiger partial charge in [-0.25, -0.2) is 4.79 Å². The monoisotopic (exact) mass is 273 g/mol. The summed E-state index contributed by atoms with van der Waals surface area (Å²) >= 11 is 0. The van der Waals surface area contributed by atoms with Crippen LogP contribution >= 0.6 is 0 Å². The predicted octanol–water partition coefficient (Wildman–Crippen LogP) is 2.43. The Morgan fingerprint density at radius 2 is 2.05 bits per heavy atom. The number of amides is 1. The summed E-state index contributed by atoms with van der Waals surface area (Å²) in [6.45, 7) is 3.82. The van der Waals surface area contributed by atoms with Crippen LogP contribution in [0, 0.1) is 6.92 Å². The highest BCUT2D eigenvalue weighted by Crippen LogP contribution is 2.34. The standard InChI is InChI=1S/C15H15NO4/c1-9-10-5-3-4-6-11(10)20-12(9)13(17)16-8-7-15(16,2)14(18)19/h3-6H,7-8H2,1-2H3,(H,18,19). The molecule has 1 aromatic heterocycles. The Hall–Kier alpha value is -2.30. The average Bonchev–Trinajstić information content (AvgIpc) is 2.74. The van der Waals surface area contributed by atoms with Gasteiger partial charge in [-0.05, 0) is 26.3 Å². The molecule has 5 nitrogen and oxygen atoms in total. The number of carboxylic acids is 1. The quantitative estimate of drug-likeness (QED) is 0.912. The van der Waals surface area contributed by atoms with Gasteiger partial charge in [0.2, 0.25) is 0 Å². The number of carbonyl (C=O) groups is 2. The Balaban J connectivity index is 2.02. The van der Waals surface area contributed by atoms with Gasteiger partial charge in [0.05, 0.1) is 0 Å². The number of aliphatic carboxylic acids is 1. The number of fused-ring (bicyclic) bond motifs is 1. The van der Waals surface area contributed by atoms with Gasteiger partial charge in [-0.15, -0.1) is 0 Å². The van der Waals surface area contributed by atoms with Crippen molar-refractivity contribution >= 4 is 22.8 Å². The molecule has 2 heterocycles. The maximum absolute atomic E-state index is 12.5. The first-order valence-electron chi connectivity index (χ1n) is 6.48. The van der Waals surface area contributed by atoms with E-state index in [1.807, 2.05) is 25.1 Å². The molecule has 1 fully saturated rings. The Bertz CT molecular complexity index is 718. The van der Waals surface area contributed by atoms with E-state index >= 15 is 0 Å². The maximum Gasteiger partial charge on any atom is 0.329 e. The van der Waals surface area contributed by atoms with Crippen molar-refractivity contribution in [3.8, 4) is 0 Å². The SMILES string of the molecule is Cc1c(C(=O)N2CCC2(C)C(=O)O)oc2ccccc12. The van der Waals surface area contributed by atoms with E-state index in [0.717, 1.165) is 10.9 Å². The van der Waals surface area contributed by atoms with Crippen LogP contribution in [-0.2, 0) is 4.79 Å². The van der Waals surface area contributed by atoms with Crippen molar-refractivity contribution in [2.75, 3.05) is 6.54 Å². The average molecular weight is 273 g/mol. The largest absolute Gasteiger partial charge is 0.480 e. The van der Waals surface area contributed by atoms with Crippen molar-refractivity contribution in [2.24, 2.45) is 0 Å². The zero-order chi connectivity index (χ0) is 14.5. The van der Waals surface area contributed by atoms with Gasteiger partial charge in [0.1, 0.15) is 11.1 Å². The van der Waals surface area contributed by atoms with Crippen LogP contribution in [0.4, 0.5) is 0 Å². The Morgan fingerprint density at radius 1 is 1.35 bits per heavy atom. The molecule has 1 atom stereocenters. The number of para-hydroxylation sites is 1. The van der Waals surface area contributed by atoms with Gasteiger partial charge in [0.25, 0.3) is 5.91 Å². The normalized spacial score (nSPS) is 21.8. The van der Waals surface area contributed by atoms with E-state index in [1.165, 1.54) is 4.90 Å². The Kier molecular flexibility index (Phi) is 2.61. The van der Waals surface area contributed by atoms with Gasteiger partial charge in [0.15, 0.2) is 5.76 Å². The summed E-state index contributed by atoms with van der Waals surface area (Å²) in [5, 5.41) is 10.1. The van der Waals surface area contributed by atoms with E-state index in [0.29, 0.717) is 18.5 Å². The number of carboxylic acid groups (broad SMARTS) is 1. The van der Waals surface area contributed by atoms with E-state index in [1.54, 1.807) is 13.0 Å². The minimum atomic E-state index is -1.12. The molecule has 0 saturated carbocycles. The Labute approximate surface area is 115 Å². The highest BCUT2D eigenvalue weighted by molar-refractivity contribution is 6.01. The highest BCUT2D eigenvalue weighted by Gasteiger charge is 2.50. The fraction of sp³-hybridized carbons (Fsp3) is 0.333. The maximum atomic E-state index is 12.5. The van der Waals surface area contributed by atoms with Crippen LogP contribution in [0.15, 0.2) is 28.7 Å². The third kappa shape index (κ3) is 1.56. The number of aryl methyl sites for hydroxylation is 1. The van der Waals surface area contributed by atoms with Crippen molar-refractivity contribution in [3.05, 3.63) is 35.6 Å². The fourth-order valence-corrected chi connectivity index (χ4v) is 2.61. The lowest BCUT2D eigenvalue weighted by atomic mass is 9.86. The zero-order valence-electron chi connectivity index (χ0n) is 11.3. The number of hydrogen-bond acceptors (Lipinski definition) is 3. The number of benzene rings is 1. The van der Waals surface area contributed by atoms with Crippen molar-refractivity contribution in [2.45, 2.75) is 25.8 Å². The summed E-state index contributed by atoms with van der Waals surface area (Å²) in [6, 6.07) is 7.40. The first-order valence-corrected chi connectivity index (χ1v) is 6.48. The lowest BCUT2D eigenvalue weighted by Gasteiger charge is -2.46.